The van der Waals surface area contributed by atoms with Crippen LogP contribution in [0.3, 0.4) is 0 Å². The van der Waals surface area contributed by atoms with Crippen molar-refractivity contribution in [3.8, 4) is 5.75 Å². The molecule has 0 amide bonds. The van der Waals surface area contributed by atoms with Gasteiger partial charge in [-0.1, -0.05) is 13.0 Å². The summed E-state index contributed by atoms with van der Waals surface area (Å²) in [5.74, 6) is 1.92. The highest BCUT2D eigenvalue weighted by Gasteiger charge is 2.31. The second kappa shape index (κ2) is 7.54. The molecular weight excluding hydrogens is 312 g/mol. The van der Waals surface area contributed by atoms with Gasteiger partial charge in [-0.25, -0.2) is 0 Å². The zero-order chi connectivity index (χ0) is 18.0. The Morgan fingerprint density at radius 1 is 1.40 bits per heavy atom. The minimum atomic E-state index is -0.573. The minimum Gasteiger partial charge on any atom is -0.497 e. The van der Waals surface area contributed by atoms with E-state index < -0.39 is 6.10 Å². The topological polar surface area (TPSA) is 45.6 Å². The van der Waals surface area contributed by atoms with Gasteiger partial charge < -0.3 is 9.84 Å². The summed E-state index contributed by atoms with van der Waals surface area (Å²) in [6, 6.07) is 7.74. The van der Waals surface area contributed by atoms with Gasteiger partial charge in [-0.05, 0) is 61.6 Å². The van der Waals surface area contributed by atoms with E-state index in [1.54, 1.807) is 13.3 Å². The zero-order valence-corrected chi connectivity index (χ0v) is 15.4. The van der Waals surface area contributed by atoms with Crippen molar-refractivity contribution in [2.75, 3.05) is 20.2 Å². The first-order chi connectivity index (χ1) is 12.0. The first-order valence-electron chi connectivity index (χ1n) is 9.02. The number of methoxy groups -OCH3 is 1. The summed E-state index contributed by atoms with van der Waals surface area (Å²) in [4.78, 5) is 6.79. The zero-order valence-electron chi connectivity index (χ0n) is 15.4. The van der Waals surface area contributed by atoms with E-state index in [0.29, 0.717) is 11.8 Å². The van der Waals surface area contributed by atoms with Crippen LogP contribution < -0.4 is 4.74 Å². The molecular formula is C21H28N2O2. The average Bonchev–Trinajstić information content (AvgIpc) is 2.66. The molecule has 0 radical (unpaired) electrons. The van der Waals surface area contributed by atoms with E-state index in [-0.39, 0.29) is 6.04 Å². The van der Waals surface area contributed by atoms with Gasteiger partial charge >= 0.3 is 0 Å². The molecule has 134 valence electrons. The smallest absolute Gasteiger partial charge is 0.119 e. The summed E-state index contributed by atoms with van der Waals surface area (Å²) < 4.78 is 5.34. The fraction of sp³-hybridized carbons (Fsp3) is 0.476. The molecule has 1 N–H and O–H groups in total. The molecule has 1 aromatic carbocycles. The van der Waals surface area contributed by atoms with Crippen molar-refractivity contribution < 1.29 is 9.84 Å². The fourth-order valence-corrected chi connectivity index (χ4v) is 3.79. The van der Waals surface area contributed by atoms with Gasteiger partial charge in [0.05, 0.1) is 18.7 Å². The van der Waals surface area contributed by atoms with Crippen molar-refractivity contribution in [3.63, 3.8) is 0 Å². The Labute approximate surface area is 150 Å². The van der Waals surface area contributed by atoms with Crippen molar-refractivity contribution >= 4 is 10.9 Å². The third kappa shape index (κ3) is 3.55. The highest BCUT2D eigenvalue weighted by molar-refractivity contribution is 5.83. The number of aromatic nitrogens is 1. The van der Waals surface area contributed by atoms with Crippen LogP contribution >= 0.6 is 0 Å². The fourth-order valence-electron chi connectivity index (χ4n) is 3.79. The normalized spacial score (nSPS) is 24.0. The molecule has 1 aliphatic heterocycles. The number of likely N-dealkylation sites (tertiary alicyclic amines) is 1. The van der Waals surface area contributed by atoms with Crippen LogP contribution in [0.1, 0.15) is 31.9 Å². The quantitative estimate of drug-likeness (QED) is 0.841. The maximum absolute atomic E-state index is 11.1. The second-order valence-corrected chi connectivity index (χ2v) is 7.13. The number of hydrogen-bond donors (Lipinski definition) is 1. The second-order valence-electron chi connectivity index (χ2n) is 7.13. The number of benzene rings is 1. The Bertz CT molecular complexity index is 746. The summed E-state index contributed by atoms with van der Waals surface area (Å²) in [6.07, 6.45) is 4.39. The lowest BCUT2D eigenvalue weighted by Crippen LogP contribution is -2.46. The van der Waals surface area contributed by atoms with Gasteiger partial charge in [-0.2, -0.15) is 0 Å². The number of aliphatic hydroxyl groups excluding tert-OH is 1. The van der Waals surface area contributed by atoms with Crippen LogP contribution in [0.5, 0.6) is 5.75 Å². The number of nitrogens with zero attached hydrogens (tertiary/aromatic N) is 2. The van der Waals surface area contributed by atoms with E-state index in [0.717, 1.165) is 41.7 Å². The van der Waals surface area contributed by atoms with E-state index >= 15 is 0 Å². The molecule has 0 spiro atoms. The monoisotopic (exact) mass is 340 g/mol. The Balaban J connectivity index is 1.88. The highest BCUT2D eigenvalue weighted by atomic mass is 16.5. The third-order valence-electron chi connectivity index (χ3n) is 5.68. The molecule has 3 rings (SSSR count). The van der Waals surface area contributed by atoms with Crippen molar-refractivity contribution in [1.29, 1.82) is 0 Å². The van der Waals surface area contributed by atoms with Crippen LogP contribution in [0, 0.1) is 11.8 Å². The molecule has 25 heavy (non-hydrogen) atoms. The van der Waals surface area contributed by atoms with E-state index in [1.165, 1.54) is 0 Å². The molecule has 0 bridgehead atoms. The van der Waals surface area contributed by atoms with E-state index in [1.807, 2.05) is 24.3 Å². The van der Waals surface area contributed by atoms with Crippen LogP contribution in [-0.4, -0.2) is 41.2 Å². The molecule has 4 atom stereocenters. The lowest BCUT2D eigenvalue weighted by Gasteiger charge is -2.40. The van der Waals surface area contributed by atoms with E-state index in [9.17, 15) is 5.11 Å². The maximum atomic E-state index is 11.1. The van der Waals surface area contributed by atoms with Crippen molar-refractivity contribution in [3.05, 3.63) is 48.7 Å². The van der Waals surface area contributed by atoms with Gasteiger partial charge in [-0.15, -0.1) is 6.58 Å². The molecule has 2 unspecified atom stereocenters. The molecule has 2 aromatic rings. The molecule has 4 heteroatoms. The summed E-state index contributed by atoms with van der Waals surface area (Å²) in [5, 5.41) is 12.0. The molecule has 0 saturated carbocycles. The van der Waals surface area contributed by atoms with Gasteiger partial charge in [-0.3, -0.25) is 9.88 Å². The van der Waals surface area contributed by atoms with Crippen molar-refractivity contribution in [2.45, 2.75) is 32.4 Å². The molecule has 4 nitrogen and oxygen atoms in total. The SMILES string of the molecule is C=CC1CN([C@@H](C)[C@H](O)c2ccnc3ccc(OC)cc23)CCC1C. The van der Waals surface area contributed by atoms with Crippen LogP contribution in [0.2, 0.25) is 0 Å². The number of aliphatic hydroxyl groups is 1. The number of rotatable bonds is 5. The van der Waals surface area contributed by atoms with Gasteiger partial charge in [0.15, 0.2) is 0 Å². The van der Waals surface area contributed by atoms with Gasteiger partial charge in [0.1, 0.15) is 5.75 Å². The van der Waals surface area contributed by atoms with Crippen LogP contribution in [-0.2, 0) is 0 Å². The molecule has 1 saturated heterocycles. The molecule has 1 fully saturated rings. The Morgan fingerprint density at radius 3 is 2.92 bits per heavy atom. The Hall–Kier alpha value is -1.91. The van der Waals surface area contributed by atoms with E-state index in [2.05, 4.69) is 36.4 Å². The Kier molecular flexibility index (Phi) is 5.40. The average molecular weight is 340 g/mol. The van der Waals surface area contributed by atoms with Crippen molar-refractivity contribution in [2.24, 2.45) is 11.8 Å². The first kappa shape index (κ1) is 17.9. The standard InChI is InChI=1S/C21H28N2O2/c1-5-16-13-23(11-9-14(16)2)15(3)21(24)18-8-10-22-20-7-6-17(25-4)12-19(18)20/h5-8,10,12,14-16,21,24H,1,9,11,13H2,2-4H3/t14?,15-,16?,21-/m0/s1. The third-order valence-corrected chi connectivity index (χ3v) is 5.68. The lowest BCUT2D eigenvalue weighted by molar-refractivity contribution is 0.0277. The molecule has 1 aromatic heterocycles. The summed E-state index contributed by atoms with van der Waals surface area (Å²) in [6.45, 7) is 10.3. The first-order valence-corrected chi connectivity index (χ1v) is 9.02. The largest absolute Gasteiger partial charge is 0.497 e. The van der Waals surface area contributed by atoms with Gasteiger partial charge in [0.25, 0.3) is 0 Å². The van der Waals surface area contributed by atoms with Gasteiger partial charge in [0.2, 0.25) is 0 Å². The molecule has 0 aliphatic carbocycles. The maximum Gasteiger partial charge on any atom is 0.119 e. The summed E-state index contributed by atoms with van der Waals surface area (Å²) >= 11 is 0. The summed E-state index contributed by atoms with van der Waals surface area (Å²) in [5.41, 5.74) is 1.78. The number of piperidine rings is 1. The van der Waals surface area contributed by atoms with Crippen LogP contribution in [0.4, 0.5) is 0 Å². The molecule has 2 heterocycles. The van der Waals surface area contributed by atoms with Crippen molar-refractivity contribution in [1.82, 2.24) is 9.88 Å². The van der Waals surface area contributed by atoms with Gasteiger partial charge in [0, 0.05) is 24.2 Å². The number of fused-ring (bicyclic) bond motifs is 1. The number of ether oxygens (including phenoxy) is 1. The highest BCUT2D eigenvalue weighted by Crippen LogP contribution is 2.32. The Morgan fingerprint density at radius 2 is 2.20 bits per heavy atom. The predicted octanol–water partition coefficient (Wildman–Crippen LogP) is 3.81. The summed E-state index contributed by atoms with van der Waals surface area (Å²) in [7, 11) is 1.65. The minimum absolute atomic E-state index is 0.0340. The van der Waals surface area contributed by atoms with Crippen LogP contribution in [0.15, 0.2) is 43.1 Å². The molecule has 1 aliphatic rings. The number of hydrogen-bond acceptors (Lipinski definition) is 4. The van der Waals surface area contributed by atoms with E-state index in [4.69, 9.17) is 4.74 Å². The predicted molar refractivity (Wildman–Crippen MR) is 102 cm³/mol. The number of pyridine rings is 1. The lowest BCUT2D eigenvalue weighted by atomic mass is 9.85. The van der Waals surface area contributed by atoms with Crippen LogP contribution in [0.25, 0.3) is 10.9 Å².